The first-order valence-electron chi connectivity index (χ1n) is 5.75. The van der Waals surface area contributed by atoms with Crippen molar-refractivity contribution in [3.63, 3.8) is 0 Å². The first-order chi connectivity index (χ1) is 8.09. The van der Waals surface area contributed by atoms with E-state index >= 15 is 0 Å². The molecule has 1 heterocycles. The van der Waals surface area contributed by atoms with Crippen LogP contribution in [0.15, 0.2) is 30.3 Å². The number of imide groups is 1. The minimum Gasteiger partial charge on any atom is -0.293 e. The van der Waals surface area contributed by atoms with Crippen LogP contribution in [0.5, 0.6) is 0 Å². The summed E-state index contributed by atoms with van der Waals surface area (Å²) >= 11 is 0. The van der Waals surface area contributed by atoms with Crippen molar-refractivity contribution in [2.45, 2.75) is 25.9 Å². The van der Waals surface area contributed by atoms with Gasteiger partial charge < -0.3 is 0 Å². The molecule has 90 valence electrons. The first-order valence-corrected chi connectivity index (χ1v) is 5.75. The van der Waals surface area contributed by atoms with E-state index < -0.39 is 6.04 Å². The normalized spacial score (nSPS) is 24.9. The van der Waals surface area contributed by atoms with E-state index in [0.717, 1.165) is 5.56 Å². The van der Waals surface area contributed by atoms with Crippen LogP contribution >= 0.6 is 0 Å². The Bertz CT molecular complexity index is 428. The summed E-state index contributed by atoms with van der Waals surface area (Å²) in [5.74, 6) is -0.371. The van der Waals surface area contributed by atoms with Gasteiger partial charge in [-0.2, -0.15) is 0 Å². The standard InChI is InChI=1S/C13H16N2O2/c1-8(2)10-12(16)15-13(17)11(14-10)9-6-4-3-5-7-9/h3-8,10-11,14H,1-2H3,(H,15,16,17)/t10-,11-/m0/s1. The molecule has 2 atom stereocenters. The van der Waals surface area contributed by atoms with Gasteiger partial charge in [0, 0.05) is 0 Å². The largest absolute Gasteiger partial charge is 0.293 e. The van der Waals surface area contributed by atoms with Crippen LogP contribution < -0.4 is 10.6 Å². The average Bonchev–Trinajstić information content (AvgIpc) is 2.29. The Labute approximate surface area is 100 Å². The third-order valence-corrected chi connectivity index (χ3v) is 2.94. The molecule has 2 N–H and O–H groups in total. The molecule has 0 spiro atoms. The van der Waals surface area contributed by atoms with E-state index in [9.17, 15) is 9.59 Å². The van der Waals surface area contributed by atoms with E-state index in [1.54, 1.807) is 0 Å². The smallest absolute Gasteiger partial charge is 0.248 e. The van der Waals surface area contributed by atoms with Crippen LogP contribution in [-0.2, 0) is 9.59 Å². The van der Waals surface area contributed by atoms with Crippen molar-refractivity contribution < 1.29 is 9.59 Å². The molecule has 17 heavy (non-hydrogen) atoms. The van der Waals surface area contributed by atoms with Crippen molar-refractivity contribution in [1.29, 1.82) is 0 Å². The predicted molar refractivity (Wildman–Crippen MR) is 64.1 cm³/mol. The van der Waals surface area contributed by atoms with Gasteiger partial charge in [0.2, 0.25) is 11.8 Å². The van der Waals surface area contributed by atoms with Crippen LogP contribution in [0.25, 0.3) is 0 Å². The quantitative estimate of drug-likeness (QED) is 0.748. The maximum Gasteiger partial charge on any atom is 0.248 e. The summed E-state index contributed by atoms with van der Waals surface area (Å²) in [5, 5.41) is 5.53. The molecule has 0 aromatic heterocycles. The molecule has 1 aliphatic rings. The highest BCUT2D eigenvalue weighted by Crippen LogP contribution is 2.19. The Balaban J connectivity index is 2.24. The fourth-order valence-electron chi connectivity index (χ4n) is 1.99. The molecule has 1 fully saturated rings. The van der Waals surface area contributed by atoms with Gasteiger partial charge in [0.05, 0.1) is 6.04 Å². The van der Waals surface area contributed by atoms with Crippen molar-refractivity contribution in [2.75, 3.05) is 0 Å². The van der Waals surface area contributed by atoms with Gasteiger partial charge in [-0.3, -0.25) is 20.2 Å². The van der Waals surface area contributed by atoms with Gasteiger partial charge in [-0.1, -0.05) is 44.2 Å². The molecule has 1 aromatic carbocycles. The number of benzene rings is 1. The zero-order chi connectivity index (χ0) is 12.4. The highest BCUT2D eigenvalue weighted by Gasteiger charge is 2.35. The van der Waals surface area contributed by atoms with E-state index in [-0.39, 0.29) is 23.8 Å². The summed E-state index contributed by atoms with van der Waals surface area (Å²) < 4.78 is 0. The molecule has 1 aliphatic heterocycles. The van der Waals surface area contributed by atoms with Crippen molar-refractivity contribution in [3.05, 3.63) is 35.9 Å². The van der Waals surface area contributed by atoms with Crippen molar-refractivity contribution in [2.24, 2.45) is 5.92 Å². The molecule has 4 nitrogen and oxygen atoms in total. The highest BCUT2D eigenvalue weighted by atomic mass is 16.2. The van der Waals surface area contributed by atoms with Gasteiger partial charge in [0.15, 0.2) is 0 Å². The molecule has 1 saturated heterocycles. The second-order valence-corrected chi connectivity index (χ2v) is 4.59. The highest BCUT2D eigenvalue weighted by molar-refractivity contribution is 6.03. The molecule has 0 aliphatic carbocycles. The fraction of sp³-hybridized carbons (Fsp3) is 0.385. The molecule has 2 rings (SSSR count). The molecule has 0 radical (unpaired) electrons. The number of carbonyl (C=O) groups excluding carboxylic acids is 2. The molecule has 0 unspecified atom stereocenters. The summed E-state index contributed by atoms with van der Waals surface area (Å²) in [7, 11) is 0. The van der Waals surface area contributed by atoms with Crippen LogP contribution in [0.3, 0.4) is 0 Å². The third kappa shape index (κ3) is 2.36. The van der Waals surface area contributed by atoms with Crippen LogP contribution in [-0.4, -0.2) is 17.9 Å². The Morgan fingerprint density at radius 1 is 1.06 bits per heavy atom. The van der Waals surface area contributed by atoms with Crippen LogP contribution in [0.4, 0.5) is 0 Å². The van der Waals surface area contributed by atoms with E-state index in [0.29, 0.717) is 0 Å². The van der Waals surface area contributed by atoms with Gasteiger partial charge in [0.25, 0.3) is 0 Å². The van der Waals surface area contributed by atoms with Crippen LogP contribution in [0.1, 0.15) is 25.5 Å². The van der Waals surface area contributed by atoms with Gasteiger partial charge >= 0.3 is 0 Å². The summed E-state index contributed by atoms with van der Waals surface area (Å²) in [5.41, 5.74) is 0.878. The number of amides is 2. The van der Waals surface area contributed by atoms with Crippen molar-refractivity contribution >= 4 is 11.8 Å². The maximum absolute atomic E-state index is 11.8. The SMILES string of the molecule is CC(C)[C@@H]1N[C@@H](c2ccccc2)C(=O)NC1=O. The average molecular weight is 232 g/mol. The Kier molecular flexibility index (Phi) is 3.24. The molecular formula is C13H16N2O2. The molecule has 2 amide bonds. The lowest BCUT2D eigenvalue weighted by Crippen LogP contribution is -2.59. The second kappa shape index (κ2) is 4.67. The Morgan fingerprint density at radius 3 is 2.29 bits per heavy atom. The topological polar surface area (TPSA) is 58.2 Å². The molecule has 0 bridgehead atoms. The summed E-state index contributed by atoms with van der Waals surface area (Å²) in [6.45, 7) is 3.91. The summed E-state index contributed by atoms with van der Waals surface area (Å²) in [6.07, 6.45) is 0. The monoisotopic (exact) mass is 232 g/mol. The van der Waals surface area contributed by atoms with E-state index in [4.69, 9.17) is 0 Å². The van der Waals surface area contributed by atoms with Crippen molar-refractivity contribution in [1.82, 2.24) is 10.6 Å². The molecule has 1 aromatic rings. The zero-order valence-corrected chi connectivity index (χ0v) is 9.94. The first kappa shape index (κ1) is 11.8. The number of hydrogen-bond acceptors (Lipinski definition) is 3. The minimum absolute atomic E-state index is 0.148. The lowest BCUT2D eigenvalue weighted by Gasteiger charge is -2.31. The predicted octanol–water partition coefficient (Wildman–Crippen LogP) is 0.998. The van der Waals surface area contributed by atoms with Gasteiger partial charge in [-0.05, 0) is 11.5 Å². The minimum atomic E-state index is -0.443. The number of carbonyl (C=O) groups is 2. The number of piperazine rings is 1. The van der Waals surface area contributed by atoms with Gasteiger partial charge in [0.1, 0.15) is 6.04 Å². The second-order valence-electron chi connectivity index (χ2n) is 4.59. The Morgan fingerprint density at radius 2 is 1.71 bits per heavy atom. The van der Waals surface area contributed by atoms with E-state index in [1.807, 2.05) is 44.2 Å². The Hall–Kier alpha value is -1.68. The van der Waals surface area contributed by atoms with Gasteiger partial charge in [-0.25, -0.2) is 0 Å². The fourth-order valence-corrected chi connectivity index (χ4v) is 1.99. The molecule has 0 saturated carbocycles. The van der Waals surface area contributed by atoms with E-state index in [2.05, 4.69) is 10.6 Å². The molecular weight excluding hydrogens is 216 g/mol. The lowest BCUT2D eigenvalue weighted by molar-refractivity contribution is -0.137. The van der Waals surface area contributed by atoms with Gasteiger partial charge in [-0.15, -0.1) is 0 Å². The number of nitrogens with one attached hydrogen (secondary N) is 2. The summed E-state index contributed by atoms with van der Waals surface area (Å²) in [6, 6.07) is 8.65. The number of rotatable bonds is 2. The van der Waals surface area contributed by atoms with Crippen LogP contribution in [0, 0.1) is 5.92 Å². The maximum atomic E-state index is 11.8. The van der Waals surface area contributed by atoms with Crippen LogP contribution in [0.2, 0.25) is 0 Å². The third-order valence-electron chi connectivity index (χ3n) is 2.94. The zero-order valence-electron chi connectivity index (χ0n) is 9.94. The number of hydrogen-bond donors (Lipinski definition) is 2. The lowest BCUT2D eigenvalue weighted by atomic mass is 9.96. The summed E-state index contributed by atoms with van der Waals surface area (Å²) in [4.78, 5) is 23.4. The molecule has 4 heteroatoms. The van der Waals surface area contributed by atoms with E-state index in [1.165, 1.54) is 0 Å². The van der Waals surface area contributed by atoms with Crippen molar-refractivity contribution in [3.8, 4) is 0 Å².